The van der Waals surface area contributed by atoms with Crippen LogP contribution in [0.1, 0.15) is 71.6 Å². The molecular formula is C27H40F8O6. The van der Waals surface area contributed by atoms with E-state index in [0.29, 0.717) is 19.3 Å². The molecule has 0 radical (unpaired) electrons. The molecule has 0 aliphatic rings. The molecule has 0 rings (SSSR count). The lowest BCUT2D eigenvalue weighted by atomic mass is 9.90. The molecule has 0 spiro atoms. The second-order valence-electron chi connectivity index (χ2n) is 10.1. The highest BCUT2D eigenvalue weighted by Crippen LogP contribution is 2.55. The molecule has 0 fully saturated rings. The van der Waals surface area contributed by atoms with Gasteiger partial charge in [-0.1, -0.05) is 45.8 Å². The molecule has 0 heterocycles. The third-order valence-corrected chi connectivity index (χ3v) is 6.36. The lowest BCUT2D eigenvalue weighted by Crippen LogP contribution is -2.62. The van der Waals surface area contributed by atoms with Gasteiger partial charge in [0, 0.05) is 49.0 Å². The smallest absolute Gasteiger partial charge is 0.378 e. The summed E-state index contributed by atoms with van der Waals surface area (Å²) in [5.74, 6) is -28.2. The van der Waals surface area contributed by atoms with Crippen LogP contribution in [0.15, 0.2) is 24.3 Å². The fraction of sp³-hybridized carbons (Fsp3) is 0.778. The Balaban J connectivity index is 5.58. The largest absolute Gasteiger partial charge is 0.462 e. The van der Waals surface area contributed by atoms with Crippen molar-refractivity contribution in [2.24, 2.45) is 11.8 Å². The van der Waals surface area contributed by atoms with Gasteiger partial charge in [0.1, 0.15) is 0 Å². The Morgan fingerprint density at radius 3 is 1.66 bits per heavy atom. The van der Waals surface area contributed by atoms with Crippen molar-refractivity contribution >= 4 is 11.9 Å². The monoisotopic (exact) mass is 612 g/mol. The van der Waals surface area contributed by atoms with Gasteiger partial charge in [-0.25, -0.2) is 9.59 Å². The van der Waals surface area contributed by atoms with E-state index in [1.54, 1.807) is 6.92 Å². The summed E-state index contributed by atoms with van der Waals surface area (Å²) >= 11 is 0. The van der Waals surface area contributed by atoms with Gasteiger partial charge < -0.3 is 19.7 Å². The highest BCUT2D eigenvalue weighted by molar-refractivity contribution is 5.88. The molecular weight excluding hydrogens is 572 g/mol. The third kappa shape index (κ3) is 11.5. The molecule has 14 heteroatoms. The molecule has 6 nitrogen and oxygen atoms in total. The first-order valence-electron chi connectivity index (χ1n) is 13.2. The number of ether oxygens (including phenoxy) is 2. The maximum Gasteiger partial charge on any atom is 0.378 e. The SMILES string of the molecule is C=C(C)C(=O)OCC(CCC(F)(F)C(F)(F)C(F)(F)C(F)(F)CCCCCCC)COC(=O)C(=C)CC(CO)CO. The average molecular weight is 613 g/mol. The summed E-state index contributed by atoms with van der Waals surface area (Å²) in [7, 11) is 0. The second-order valence-corrected chi connectivity index (χ2v) is 10.1. The van der Waals surface area contributed by atoms with Crippen molar-refractivity contribution < 1.29 is 64.4 Å². The number of halogens is 8. The fourth-order valence-corrected chi connectivity index (χ4v) is 3.56. The number of aliphatic hydroxyl groups excluding tert-OH is 2. The summed E-state index contributed by atoms with van der Waals surface area (Å²) in [6.45, 7) is 7.11. The van der Waals surface area contributed by atoms with E-state index in [1.165, 1.54) is 6.92 Å². The predicted octanol–water partition coefficient (Wildman–Crippen LogP) is 6.49. The maximum atomic E-state index is 14.5. The number of carbonyl (C=O) groups excluding carboxylic acids is 2. The summed E-state index contributed by atoms with van der Waals surface area (Å²) < 4.78 is 124. The first kappa shape index (κ1) is 38.8. The molecule has 240 valence electrons. The Kier molecular flexibility index (Phi) is 16.1. The number of rotatable bonds is 22. The molecule has 2 N–H and O–H groups in total. The van der Waals surface area contributed by atoms with E-state index >= 15 is 0 Å². The van der Waals surface area contributed by atoms with Gasteiger partial charge in [-0.15, -0.1) is 0 Å². The third-order valence-electron chi connectivity index (χ3n) is 6.36. The van der Waals surface area contributed by atoms with Gasteiger partial charge in [0.05, 0.1) is 13.2 Å². The minimum absolute atomic E-state index is 0.0395. The van der Waals surface area contributed by atoms with Crippen molar-refractivity contribution in [1.29, 1.82) is 0 Å². The number of hydrogen-bond acceptors (Lipinski definition) is 6. The number of aliphatic hydroxyl groups is 2. The Morgan fingerprint density at radius 1 is 0.732 bits per heavy atom. The van der Waals surface area contributed by atoms with Crippen LogP contribution in [0.25, 0.3) is 0 Å². The quantitative estimate of drug-likeness (QED) is 0.0628. The van der Waals surface area contributed by atoms with Gasteiger partial charge in [-0.3, -0.25) is 0 Å². The van der Waals surface area contributed by atoms with Crippen LogP contribution >= 0.6 is 0 Å². The number of carbonyl (C=O) groups is 2. The van der Waals surface area contributed by atoms with Crippen LogP contribution in [-0.2, 0) is 19.1 Å². The van der Waals surface area contributed by atoms with E-state index in [0.717, 1.165) is 0 Å². The van der Waals surface area contributed by atoms with Gasteiger partial charge >= 0.3 is 35.6 Å². The summed E-state index contributed by atoms with van der Waals surface area (Å²) in [4.78, 5) is 23.8. The number of hydrogen-bond donors (Lipinski definition) is 2. The maximum absolute atomic E-state index is 14.5. The highest BCUT2D eigenvalue weighted by Gasteiger charge is 2.79. The molecule has 0 saturated carbocycles. The van der Waals surface area contributed by atoms with Gasteiger partial charge in [-0.2, -0.15) is 35.1 Å². The van der Waals surface area contributed by atoms with Gasteiger partial charge in [0.15, 0.2) is 0 Å². The van der Waals surface area contributed by atoms with E-state index in [4.69, 9.17) is 19.7 Å². The standard InChI is InChI=1S/C27H40F8O6/c1-5-6-7-8-9-11-24(28,29)26(32,33)27(34,35)25(30,31)12-10-20(16-40-22(38)18(2)3)17-41-23(39)19(4)13-21(14-36)15-37/h20-21,36-37H,2,4-17H2,1,3H3. The zero-order valence-electron chi connectivity index (χ0n) is 23.3. The molecule has 0 bridgehead atoms. The van der Waals surface area contributed by atoms with E-state index in [-0.39, 0.29) is 24.0 Å². The van der Waals surface area contributed by atoms with Crippen molar-refractivity contribution in [3.63, 3.8) is 0 Å². The molecule has 0 aromatic rings. The van der Waals surface area contributed by atoms with Crippen LogP contribution in [-0.4, -0.2) is 72.3 Å². The molecule has 0 saturated heterocycles. The van der Waals surface area contributed by atoms with Crippen LogP contribution < -0.4 is 0 Å². The topological polar surface area (TPSA) is 93.1 Å². The summed E-state index contributed by atoms with van der Waals surface area (Å²) in [6.07, 6.45) is -3.88. The molecule has 1 unspecified atom stereocenters. The van der Waals surface area contributed by atoms with Crippen molar-refractivity contribution in [1.82, 2.24) is 0 Å². The van der Waals surface area contributed by atoms with Crippen molar-refractivity contribution in [3.8, 4) is 0 Å². The zero-order chi connectivity index (χ0) is 32.1. The van der Waals surface area contributed by atoms with Crippen molar-refractivity contribution in [2.45, 2.75) is 95.3 Å². The Labute approximate surface area is 234 Å². The van der Waals surface area contributed by atoms with Crippen LogP contribution in [0.2, 0.25) is 0 Å². The lowest BCUT2D eigenvalue weighted by molar-refractivity contribution is -0.368. The molecule has 0 aliphatic heterocycles. The number of esters is 2. The highest BCUT2D eigenvalue weighted by atomic mass is 19.4. The minimum atomic E-state index is -6.44. The lowest BCUT2D eigenvalue weighted by Gasteiger charge is -2.37. The number of alkyl halides is 8. The van der Waals surface area contributed by atoms with Crippen LogP contribution in [0.4, 0.5) is 35.1 Å². The van der Waals surface area contributed by atoms with Gasteiger partial charge in [0.2, 0.25) is 0 Å². The summed E-state index contributed by atoms with van der Waals surface area (Å²) in [5.41, 5.74) is -0.370. The van der Waals surface area contributed by atoms with Crippen LogP contribution in [0.5, 0.6) is 0 Å². The first-order chi connectivity index (χ1) is 18.8. The Bertz CT molecular complexity index is 859. The molecule has 1 atom stereocenters. The Hall–Kier alpha value is -2.22. The Morgan fingerprint density at radius 2 is 1.20 bits per heavy atom. The average Bonchev–Trinajstić information content (AvgIpc) is 2.89. The van der Waals surface area contributed by atoms with Crippen LogP contribution in [0, 0.1) is 11.8 Å². The van der Waals surface area contributed by atoms with E-state index in [2.05, 4.69) is 13.2 Å². The molecule has 41 heavy (non-hydrogen) atoms. The molecule has 0 aromatic heterocycles. The normalized spacial score (nSPS) is 13.7. The van der Waals surface area contributed by atoms with E-state index < -0.39 is 99.6 Å². The van der Waals surface area contributed by atoms with Gasteiger partial charge in [-0.05, 0) is 26.2 Å². The molecule has 0 amide bonds. The van der Waals surface area contributed by atoms with Gasteiger partial charge in [0.25, 0.3) is 0 Å². The molecule has 0 aromatic carbocycles. The summed E-state index contributed by atoms with van der Waals surface area (Å²) in [5, 5.41) is 18.2. The van der Waals surface area contributed by atoms with Crippen molar-refractivity contribution in [2.75, 3.05) is 26.4 Å². The fourth-order valence-electron chi connectivity index (χ4n) is 3.56. The van der Waals surface area contributed by atoms with Crippen LogP contribution in [0.3, 0.4) is 0 Å². The predicted molar refractivity (Wildman–Crippen MR) is 134 cm³/mol. The van der Waals surface area contributed by atoms with E-state index in [9.17, 15) is 44.7 Å². The second kappa shape index (κ2) is 17.0. The first-order valence-corrected chi connectivity index (χ1v) is 13.2. The van der Waals surface area contributed by atoms with E-state index in [1.807, 2.05) is 0 Å². The zero-order valence-corrected chi connectivity index (χ0v) is 23.3. The van der Waals surface area contributed by atoms with Crippen molar-refractivity contribution in [3.05, 3.63) is 24.3 Å². The minimum Gasteiger partial charge on any atom is -0.462 e. The summed E-state index contributed by atoms with van der Waals surface area (Å²) in [6, 6.07) is 0. The number of unbranched alkanes of at least 4 members (excludes halogenated alkanes) is 4. The molecule has 0 aliphatic carbocycles.